The number of likely N-dealkylation sites (tertiary alicyclic amines) is 1. The molecule has 0 spiro atoms. The Morgan fingerprint density at radius 2 is 1.68 bits per heavy atom. The second kappa shape index (κ2) is 9.07. The Hall–Kier alpha value is -2.59. The van der Waals surface area contributed by atoms with E-state index in [1.807, 2.05) is 30.5 Å². The molecule has 4 nitrogen and oxygen atoms in total. The van der Waals surface area contributed by atoms with Crippen LogP contribution in [0.3, 0.4) is 0 Å². The molecule has 4 rings (SSSR count). The molecule has 0 saturated carbocycles. The third-order valence-electron chi connectivity index (χ3n) is 5.61. The molecule has 1 aromatic heterocycles. The highest BCUT2D eigenvalue weighted by molar-refractivity contribution is 6.07. The van der Waals surface area contributed by atoms with Crippen LogP contribution in [0.2, 0.25) is 0 Å². The summed E-state index contributed by atoms with van der Waals surface area (Å²) in [5.41, 5.74) is 3.11. The summed E-state index contributed by atoms with van der Waals surface area (Å²) in [6.45, 7) is 5.15. The van der Waals surface area contributed by atoms with E-state index in [-0.39, 0.29) is 5.91 Å². The van der Waals surface area contributed by atoms with E-state index in [1.165, 1.54) is 31.5 Å². The van der Waals surface area contributed by atoms with Gasteiger partial charge in [0.05, 0.1) is 5.56 Å². The van der Waals surface area contributed by atoms with Crippen molar-refractivity contribution in [2.24, 2.45) is 0 Å². The SMILES string of the molecule is O=C(NCCCCN1CCCC1)c1cn(Cc2ccccc2)c2ccccc12. The van der Waals surface area contributed by atoms with Crippen molar-refractivity contribution in [2.45, 2.75) is 32.2 Å². The van der Waals surface area contributed by atoms with Gasteiger partial charge in [-0.05, 0) is 56.9 Å². The lowest BCUT2D eigenvalue weighted by atomic mass is 10.1. The zero-order valence-electron chi connectivity index (χ0n) is 16.4. The molecule has 1 N–H and O–H groups in total. The van der Waals surface area contributed by atoms with Crippen LogP contribution < -0.4 is 5.32 Å². The summed E-state index contributed by atoms with van der Waals surface area (Å²) in [6, 6.07) is 18.5. The Kier molecular flexibility index (Phi) is 6.07. The summed E-state index contributed by atoms with van der Waals surface area (Å²) in [5.74, 6) is 0.0317. The van der Waals surface area contributed by atoms with E-state index in [0.717, 1.165) is 48.9 Å². The summed E-state index contributed by atoms with van der Waals surface area (Å²) in [5, 5.41) is 4.14. The molecular formula is C24H29N3O. The monoisotopic (exact) mass is 375 g/mol. The second-order valence-corrected chi connectivity index (χ2v) is 7.69. The number of hydrogen-bond acceptors (Lipinski definition) is 2. The molecular weight excluding hydrogens is 346 g/mol. The molecule has 1 saturated heterocycles. The normalized spacial score (nSPS) is 14.6. The Bertz CT molecular complexity index is 910. The number of fused-ring (bicyclic) bond motifs is 1. The van der Waals surface area contributed by atoms with Crippen LogP contribution in [0.5, 0.6) is 0 Å². The highest BCUT2D eigenvalue weighted by atomic mass is 16.1. The highest BCUT2D eigenvalue weighted by Gasteiger charge is 2.15. The van der Waals surface area contributed by atoms with E-state index in [1.54, 1.807) is 0 Å². The number of nitrogens with one attached hydrogen (secondary N) is 1. The number of rotatable bonds is 8. The molecule has 0 bridgehead atoms. The van der Waals surface area contributed by atoms with Crippen LogP contribution in [-0.2, 0) is 6.54 Å². The largest absolute Gasteiger partial charge is 0.352 e. The number of nitrogens with zero attached hydrogens (tertiary/aromatic N) is 2. The van der Waals surface area contributed by atoms with Gasteiger partial charge in [0.25, 0.3) is 5.91 Å². The van der Waals surface area contributed by atoms with E-state index in [4.69, 9.17) is 0 Å². The topological polar surface area (TPSA) is 37.3 Å². The predicted molar refractivity (Wildman–Crippen MR) is 115 cm³/mol. The average Bonchev–Trinajstić information content (AvgIpc) is 3.37. The van der Waals surface area contributed by atoms with Gasteiger partial charge in [-0.3, -0.25) is 4.79 Å². The third-order valence-corrected chi connectivity index (χ3v) is 5.61. The quantitative estimate of drug-likeness (QED) is 0.596. The standard InChI is InChI=1S/C24H29N3O/c28-24(25-14-6-7-15-26-16-8-9-17-26)22-19-27(18-20-10-2-1-3-11-20)23-13-5-4-12-21(22)23/h1-5,10-13,19H,6-9,14-18H2,(H,25,28). The van der Waals surface area contributed by atoms with E-state index < -0.39 is 0 Å². The van der Waals surface area contributed by atoms with Crippen LogP contribution in [-0.4, -0.2) is 41.6 Å². The minimum atomic E-state index is 0.0317. The molecule has 28 heavy (non-hydrogen) atoms. The number of hydrogen-bond donors (Lipinski definition) is 1. The molecule has 1 amide bonds. The number of carbonyl (C=O) groups is 1. The molecule has 4 heteroatoms. The molecule has 0 radical (unpaired) electrons. The van der Waals surface area contributed by atoms with Crippen molar-refractivity contribution in [3.63, 3.8) is 0 Å². The van der Waals surface area contributed by atoms with Crippen LogP contribution in [0.15, 0.2) is 60.8 Å². The molecule has 0 atom stereocenters. The van der Waals surface area contributed by atoms with Gasteiger partial charge in [0.15, 0.2) is 0 Å². The van der Waals surface area contributed by atoms with Crippen LogP contribution >= 0.6 is 0 Å². The van der Waals surface area contributed by atoms with Gasteiger partial charge in [0.1, 0.15) is 0 Å². The minimum absolute atomic E-state index is 0.0317. The smallest absolute Gasteiger partial charge is 0.253 e. The van der Waals surface area contributed by atoms with Crippen molar-refractivity contribution in [3.8, 4) is 0 Å². The number of benzene rings is 2. The van der Waals surface area contributed by atoms with Crippen molar-refractivity contribution < 1.29 is 4.79 Å². The van der Waals surface area contributed by atoms with Gasteiger partial charge in [0.2, 0.25) is 0 Å². The maximum atomic E-state index is 12.8. The van der Waals surface area contributed by atoms with Crippen molar-refractivity contribution in [1.29, 1.82) is 0 Å². The first-order valence-electron chi connectivity index (χ1n) is 10.4. The van der Waals surface area contributed by atoms with Crippen LogP contribution in [0.25, 0.3) is 10.9 Å². The fraction of sp³-hybridized carbons (Fsp3) is 0.375. The van der Waals surface area contributed by atoms with Gasteiger partial charge >= 0.3 is 0 Å². The molecule has 0 aliphatic carbocycles. The third kappa shape index (κ3) is 4.45. The van der Waals surface area contributed by atoms with Crippen LogP contribution in [0.1, 0.15) is 41.6 Å². The van der Waals surface area contributed by atoms with Gasteiger partial charge in [-0.2, -0.15) is 0 Å². The zero-order valence-corrected chi connectivity index (χ0v) is 16.4. The number of amides is 1. The van der Waals surface area contributed by atoms with E-state index in [2.05, 4.69) is 45.1 Å². The van der Waals surface area contributed by atoms with Gasteiger partial charge in [-0.25, -0.2) is 0 Å². The molecule has 2 aromatic carbocycles. The van der Waals surface area contributed by atoms with E-state index >= 15 is 0 Å². The highest BCUT2D eigenvalue weighted by Crippen LogP contribution is 2.22. The first-order valence-corrected chi connectivity index (χ1v) is 10.4. The maximum Gasteiger partial charge on any atom is 0.253 e. The van der Waals surface area contributed by atoms with E-state index in [0.29, 0.717) is 0 Å². The summed E-state index contributed by atoms with van der Waals surface area (Å²) in [4.78, 5) is 15.3. The molecule has 146 valence electrons. The molecule has 1 fully saturated rings. The Labute approximate surface area is 167 Å². The predicted octanol–water partition coefficient (Wildman–Crippen LogP) is 4.30. The molecule has 2 heterocycles. The summed E-state index contributed by atoms with van der Waals surface area (Å²) < 4.78 is 2.17. The lowest BCUT2D eigenvalue weighted by Gasteiger charge is -2.13. The number of unbranched alkanes of at least 4 members (excludes halogenated alkanes) is 1. The van der Waals surface area contributed by atoms with Crippen molar-refractivity contribution in [1.82, 2.24) is 14.8 Å². The Morgan fingerprint density at radius 1 is 0.929 bits per heavy atom. The summed E-state index contributed by atoms with van der Waals surface area (Å²) >= 11 is 0. The maximum absolute atomic E-state index is 12.8. The van der Waals surface area contributed by atoms with Crippen LogP contribution in [0, 0.1) is 0 Å². The van der Waals surface area contributed by atoms with E-state index in [9.17, 15) is 4.79 Å². The lowest BCUT2D eigenvalue weighted by molar-refractivity contribution is 0.0954. The minimum Gasteiger partial charge on any atom is -0.352 e. The van der Waals surface area contributed by atoms with Crippen molar-refractivity contribution in [3.05, 3.63) is 71.9 Å². The van der Waals surface area contributed by atoms with Crippen LogP contribution in [0.4, 0.5) is 0 Å². The first-order chi connectivity index (χ1) is 13.8. The Balaban J connectivity index is 1.39. The van der Waals surface area contributed by atoms with Gasteiger partial charge in [-0.1, -0.05) is 48.5 Å². The second-order valence-electron chi connectivity index (χ2n) is 7.69. The van der Waals surface area contributed by atoms with Crippen molar-refractivity contribution in [2.75, 3.05) is 26.2 Å². The molecule has 1 aliphatic heterocycles. The van der Waals surface area contributed by atoms with Gasteiger partial charge in [0, 0.05) is 30.2 Å². The molecule has 1 aliphatic rings. The number of para-hydroxylation sites is 1. The van der Waals surface area contributed by atoms with Gasteiger partial charge in [-0.15, -0.1) is 0 Å². The number of carbonyl (C=O) groups excluding carboxylic acids is 1. The Morgan fingerprint density at radius 3 is 2.50 bits per heavy atom. The summed E-state index contributed by atoms with van der Waals surface area (Å²) in [7, 11) is 0. The van der Waals surface area contributed by atoms with Gasteiger partial charge < -0.3 is 14.8 Å². The first kappa shape index (κ1) is 18.8. The number of aromatic nitrogens is 1. The van der Waals surface area contributed by atoms with Crippen molar-refractivity contribution >= 4 is 16.8 Å². The zero-order chi connectivity index (χ0) is 19.2. The average molecular weight is 376 g/mol. The fourth-order valence-corrected chi connectivity index (χ4v) is 4.10. The molecule has 3 aromatic rings. The summed E-state index contributed by atoms with van der Waals surface area (Å²) in [6.07, 6.45) is 6.85. The fourth-order valence-electron chi connectivity index (χ4n) is 4.10. The molecule has 0 unspecified atom stereocenters. The lowest BCUT2D eigenvalue weighted by Crippen LogP contribution is -2.26.